The first kappa shape index (κ1) is 13.8. The van der Waals surface area contributed by atoms with Crippen LogP contribution < -0.4 is 11.4 Å². The van der Waals surface area contributed by atoms with Crippen molar-refractivity contribution in [1.29, 1.82) is 0 Å². The number of nitrogens with zero attached hydrogens (tertiary/aromatic N) is 1. The second-order valence-corrected chi connectivity index (χ2v) is 4.73. The Labute approximate surface area is 123 Å². The van der Waals surface area contributed by atoms with E-state index in [9.17, 15) is 19.5 Å². The Kier molecular flexibility index (Phi) is 3.34. The Morgan fingerprint density at radius 2 is 1.77 bits per heavy atom. The Hall–Kier alpha value is -3.15. The molecule has 0 saturated heterocycles. The van der Waals surface area contributed by atoms with Gasteiger partial charge in [-0.15, -0.1) is 0 Å². The van der Waals surface area contributed by atoms with Crippen LogP contribution in [0.25, 0.3) is 10.9 Å². The van der Waals surface area contributed by atoms with Crippen LogP contribution in [0.2, 0.25) is 0 Å². The van der Waals surface area contributed by atoms with E-state index in [1.165, 1.54) is 18.2 Å². The van der Waals surface area contributed by atoms with Crippen LogP contribution in [0.15, 0.2) is 62.5 Å². The van der Waals surface area contributed by atoms with E-state index in [4.69, 9.17) is 0 Å². The van der Waals surface area contributed by atoms with Gasteiger partial charge < -0.3 is 9.52 Å². The second-order valence-electron chi connectivity index (χ2n) is 4.73. The summed E-state index contributed by atoms with van der Waals surface area (Å²) in [5.74, 6) is -2.09. The van der Waals surface area contributed by atoms with E-state index in [2.05, 4.69) is 4.42 Å². The number of hydrogen-bond acceptors (Lipinski definition) is 4. The molecule has 0 amide bonds. The molecule has 0 aliphatic rings. The minimum Gasteiger partial charge on any atom is -0.478 e. The molecule has 3 aromatic rings. The zero-order valence-electron chi connectivity index (χ0n) is 11.4. The summed E-state index contributed by atoms with van der Waals surface area (Å²) in [5, 5.41) is 9.37. The molecule has 1 heterocycles. The fourth-order valence-electron chi connectivity index (χ4n) is 2.36. The maximum atomic E-state index is 12.0. The van der Waals surface area contributed by atoms with E-state index in [1.807, 2.05) is 6.07 Å². The molecule has 110 valence electrons. The molecule has 0 aliphatic heterocycles. The van der Waals surface area contributed by atoms with Crippen molar-refractivity contribution in [2.24, 2.45) is 0 Å². The van der Waals surface area contributed by atoms with Crippen LogP contribution in [0.1, 0.15) is 15.9 Å². The van der Waals surface area contributed by atoms with Gasteiger partial charge in [0.05, 0.1) is 23.0 Å². The molecule has 0 aliphatic carbocycles. The summed E-state index contributed by atoms with van der Waals surface area (Å²) in [4.78, 5) is 35.2. The highest BCUT2D eigenvalue weighted by Crippen LogP contribution is 2.16. The molecule has 6 nitrogen and oxygen atoms in total. The van der Waals surface area contributed by atoms with Crippen molar-refractivity contribution in [2.45, 2.75) is 6.54 Å². The van der Waals surface area contributed by atoms with Crippen LogP contribution in [-0.4, -0.2) is 15.6 Å². The number of rotatable bonds is 3. The zero-order valence-corrected chi connectivity index (χ0v) is 11.4. The van der Waals surface area contributed by atoms with Gasteiger partial charge in [0, 0.05) is 0 Å². The smallest absolute Gasteiger partial charge is 0.422 e. The van der Waals surface area contributed by atoms with Crippen molar-refractivity contribution in [3.8, 4) is 0 Å². The van der Waals surface area contributed by atoms with E-state index in [0.29, 0.717) is 0 Å². The number of benzene rings is 2. The lowest BCUT2D eigenvalue weighted by atomic mass is 10.1. The molecular weight excluding hydrogens is 286 g/mol. The molecule has 2 aromatic carbocycles. The Balaban J connectivity index is 2.36. The summed E-state index contributed by atoms with van der Waals surface area (Å²) in [7, 11) is 0. The lowest BCUT2D eigenvalue weighted by molar-refractivity contribution is 0.0698. The van der Waals surface area contributed by atoms with Gasteiger partial charge in [0.2, 0.25) is 0 Å². The number of carbonyl (C=O) groups is 1. The number of aromatic carboxylic acids is 1. The number of aromatic nitrogens is 1. The SMILES string of the molecule is O=C(O)c1cccc2c(=O)oc(=O)n(Cc3ccccc3)c12. The first-order valence-corrected chi connectivity index (χ1v) is 6.52. The van der Waals surface area contributed by atoms with Gasteiger partial charge in [0.25, 0.3) is 0 Å². The third-order valence-corrected chi connectivity index (χ3v) is 3.34. The molecule has 0 bridgehead atoms. The van der Waals surface area contributed by atoms with Gasteiger partial charge in [-0.3, -0.25) is 4.57 Å². The summed E-state index contributed by atoms with van der Waals surface area (Å²) in [6, 6.07) is 13.3. The highest BCUT2D eigenvalue weighted by atomic mass is 16.4. The molecule has 1 N–H and O–H groups in total. The van der Waals surface area contributed by atoms with Crippen LogP contribution >= 0.6 is 0 Å². The normalized spacial score (nSPS) is 10.7. The van der Waals surface area contributed by atoms with Crippen molar-refractivity contribution >= 4 is 16.9 Å². The second kappa shape index (κ2) is 5.33. The van der Waals surface area contributed by atoms with E-state index in [0.717, 1.165) is 10.1 Å². The fraction of sp³-hybridized carbons (Fsp3) is 0.0625. The minimum atomic E-state index is -1.21. The van der Waals surface area contributed by atoms with Crippen molar-refractivity contribution in [1.82, 2.24) is 4.57 Å². The van der Waals surface area contributed by atoms with Crippen molar-refractivity contribution < 1.29 is 14.3 Å². The van der Waals surface area contributed by atoms with Gasteiger partial charge in [0.1, 0.15) is 0 Å². The summed E-state index contributed by atoms with van der Waals surface area (Å²) in [6.07, 6.45) is 0. The summed E-state index contributed by atoms with van der Waals surface area (Å²) in [5.41, 5.74) is -0.0918. The lowest BCUT2D eigenvalue weighted by Gasteiger charge is -2.10. The average molecular weight is 297 g/mol. The minimum absolute atomic E-state index is 0.0652. The van der Waals surface area contributed by atoms with E-state index in [-0.39, 0.29) is 23.0 Å². The molecule has 0 saturated carbocycles. The van der Waals surface area contributed by atoms with Gasteiger partial charge in [-0.05, 0) is 17.7 Å². The predicted molar refractivity (Wildman–Crippen MR) is 79.2 cm³/mol. The first-order valence-electron chi connectivity index (χ1n) is 6.52. The molecule has 1 aromatic heterocycles. The quantitative estimate of drug-likeness (QED) is 0.794. The molecule has 0 spiro atoms. The molecule has 0 fully saturated rings. The predicted octanol–water partition coefficient (Wildman–Crippen LogP) is 1.70. The molecule has 3 rings (SSSR count). The molecule has 0 atom stereocenters. The van der Waals surface area contributed by atoms with E-state index >= 15 is 0 Å². The molecule has 22 heavy (non-hydrogen) atoms. The van der Waals surface area contributed by atoms with Gasteiger partial charge in [-0.2, -0.15) is 0 Å². The lowest BCUT2D eigenvalue weighted by Crippen LogP contribution is -2.27. The largest absolute Gasteiger partial charge is 0.478 e. The highest BCUT2D eigenvalue weighted by Gasteiger charge is 2.17. The van der Waals surface area contributed by atoms with Crippen molar-refractivity contribution in [3.63, 3.8) is 0 Å². The van der Waals surface area contributed by atoms with Gasteiger partial charge >= 0.3 is 17.4 Å². The maximum absolute atomic E-state index is 12.0. The monoisotopic (exact) mass is 297 g/mol. The third kappa shape index (κ3) is 2.31. The molecule has 0 radical (unpaired) electrons. The molecular formula is C16H11NO5. The molecule has 6 heteroatoms. The number of carboxylic acid groups (broad SMARTS) is 1. The third-order valence-electron chi connectivity index (χ3n) is 3.34. The van der Waals surface area contributed by atoms with Crippen LogP contribution in [-0.2, 0) is 6.54 Å². The number of carboxylic acids is 1. The summed E-state index contributed by atoms with van der Waals surface area (Å²) in [6.45, 7) is 0.115. The van der Waals surface area contributed by atoms with E-state index < -0.39 is 17.4 Å². The summed E-state index contributed by atoms with van der Waals surface area (Å²) >= 11 is 0. The highest BCUT2D eigenvalue weighted by molar-refractivity contribution is 6.01. The maximum Gasteiger partial charge on any atom is 0.422 e. The standard InChI is InChI=1S/C16H11NO5/c18-14(19)11-7-4-8-12-13(11)17(16(21)22-15(12)20)9-10-5-2-1-3-6-10/h1-8H,9H2,(H,18,19). The van der Waals surface area contributed by atoms with Crippen LogP contribution in [0.3, 0.4) is 0 Å². The number of hydrogen-bond donors (Lipinski definition) is 1. The fourth-order valence-corrected chi connectivity index (χ4v) is 2.36. The van der Waals surface area contributed by atoms with Gasteiger partial charge in [0.15, 0.2) is 0 Å². The Morgan fingerprint density at radius 3 is 2.45 bits per heavy atom. The van der Waals surface area contributed by atoms with Crippen LogP contribution in [0, 0.1) is 0 Å². The Bertz CT molecular complexity index is 969. The van der Waals surface area contributed by atoms with Gasteiger partial charge in [-0.1, -0.05) is 36.4 Å². The topological polar surface area (TPSA) is 89.5 Å². The first-order chi connectivity index (χ1) is 10.6. The molecule has 0 unspecified atom stereocenters. The number of fused-ring (bicyclic) bond motifs is 1. The zero-order chi connectivity index (χ0) is 15.7. The summed E-state index contributed by atoms with van der Waals surface area (Å²) < 4.78 is 5.85. The van der Waals surface area contributed by atoms with Gasteiger partial charge in [-0.25, -0.2) is 14.4 Å². The average Bonchev–Trinajstić information content (AvgIpc) is 2.51. The van der Waals surface area contributed by atoms with Crippen LogP contribution in [0.5, 0.6) is 0 Å². The van der Waals surface area contributed by atoms with Crippen molar-refractivity contribution in [2.75, 3.05) is 0 Å². The van der Waals surface area contributed by atoms with E-state index in [1.54, 1.807) is 24.3 Å². The van der Waals surface area contributed by atoms with Crippen molar-refractivity contribution in [3.05, 3.63) is 80.6 Å². The Morgan fingerprint density at radius 1 is 1.05 bits per heavy atom. The van der Waals surface area contributed by atoms with Crippen LogP contribution in [0.4, 0.5) is 0 Å². The number of para-hydroxylation sites is 1.